The third kappa shape index (κ3) is 4.99. The van der Waals surface area contributed by atoms with Gasteiger partial charge in [0.1, 0.15) is 11.5 Å². The maximum atomic E-state index is 12.6. The number of hydrogen-bond acceptors (Lipinski definition) is 3. The van der Waals surface area contributed by atoms with Gasteiger partial charge >= 0.3 is 0 Å². The Morgan fingerprint density at radius 3 is 2.48 bits per heavy atom. The second kappa shape index (κ2) is 8.56. The molecule has 0 radical (unpaired) electrons. The van der Waals surface area contributed by atoms with Crippen LogP contribution in [0.1, 0.15) is 43.0 Å². The molecule has 0 spiro atoms. The van der Waals surface area contributed by atoms with E-state index in [4.69, 9.17) is 9.47 Å². The molecule has 0 aliphatic carbocycles. The van der Waals surface area contributed by atoms with Crippen molar-refractivity contribution in [2.24, 2.45) is 0 Å². The van der Waals surface area contributed by atoms with E-state index in [0.29, 0.717) is 11.5 Å². The molecule has 1 N–H and O–H groups in total. The highest BCUT2D eigenvalue weighted by Gasteiger charge is 2.20. The maximum absolute atomic E-state index is 12.6. The molecule has 0 fully saturated rings. The summed E-state index contributed by atoms with van der Waals surface area (Å²) in [7, 11) is 1.60. The molecule has 0 aromatic heterocycles. The fourth-order valence-corrected chi connectivity index (χ4v) is 2.84. The van der Waals surface area contributed by atoms with Crippen LogP contribution in [0.15, 0.2) is 42.5 Å². The van der Waals surface area contributed by atoms with Crippen LogP contribution in [0, 0.1) is 13.8 Å². The number of hydrogen-bond donors (Lipinski definition) is 1. The standard InChI is InChI=1S/C21H27NO3/c1-6-20(19-11-10-14(2)12-15(19)3)22-21(23)16(4)25-18-9-7-8-17(13-18)24-5/h7-13,16,20H,6H2,1-5H3,(H,22,23). The summed E-state index contributed by atoms with van der Waals surface area (Å²) in [5, 5.41) is 3.10. The van der Waals surface area contributed by atoms with Crippen LogP contribution < -0.4 is 14.8 Å². The highest BCUT2D eigenvalue weighted by molar-refractivity contribution is 5.81. The van der Waals surface area contributed by atoms with Crippen molar-refractivity contribution in [1.29, 1.82) is 0 Å². The lowest BCUT2D eigenvalue weighted by Crippen LogP contribution is -2.38. The monoisotopic (exact) mass is 341 g/mol. The van der Waals surface area contributed by atoms with Crippen molar-refractivity contribution in [2.45, 2.75) is 46.3 Å². The number of ether oxygens (including phenoxy) is 2. The lowest BCUT2D eigenvalue weighted by atomic mass is 9.97. The highest BCUT2D eigenvalue weighted by Crippen LogP contribution is 2.23. The molecule has 0 bridgehead atoms. The largest absolute Gasteiger partial charge is 0.497 e. The predicted molar refractivity (Wildman–Crippen MR) is 100 cm³/mol. The van der Waals surface area contributed by atoms with E-state index in [2.05, 4.69) is 44.3 Å². The Morgan fingerprint density at radius 2 is 1.84 bits per heavy atom. The second-order valence-electron chi connectivity index (χ2n) is 6.27. The van der Waals surface area contributed by atoms with Crippen molar-refractivity contribution in [1.82, 2.24) is 5.32 Å². The van der Waals surface area contributed by atoms with Crippen LogP contribution in [0.2, 0.25) is 0 Å². The zero-order valence-corrected chi connectivity index (χ0v) is 15.6. The van der Waals surface area contributed by atoms with Crippen LogP contribution in [0.4, 0.5) is 0 Å². The van der Waals surface area contributed by atoms with Crippen LogP contribution in [-0.2, 0) is 4.79 Å². The molecule has 134 valence electrons. The fraction of sp³-hybridized carbons (Fsp3) is 0.381. The molecule has 0 saturated carbocycles. The molecule has 4 heteroatoms. The average Bonchev–Trinajstić information content (AvgIpc) is 2.60. The molecule has 1 amide bonds. The van der Waals surface area contributed by atoms with Crippen molar-refractivity contribution in [2.75, 3.05) is 7.11 Å². The number of amides is 1. The van der Waals surface area contributed by atoms with E-state index in [1.165, 1.54) is 11.1 Å². The first-order chi connectivity index (χ1) is 11.9. The molecule has 0 heterocycles. The summed E-state index contributed by atoms with van der Waals surface area (Å²) >= 11 is 0. The normalized spacial score (nSPS) is 13.0. The van der Waals surface area contributed by atoms with Crippen molar-refractivity contribution >= 4 is 5.91 Å². The van der Waals surface area contributed by atoms with E-state index in [-0.39, 0.29) is 11.9 Å². The minimum atomic E-state index is -0.591. The van der Waals surface area contributed by atoms with E-state index in [1.807, 2.05) is 18.2 Å². The molecule has 4 nitrogen and oxygen atoms in total. The minimum Gasteiger partial charge on any atom is -0.497 e. The minimum absolute atomic E-state index is 0.0236. The van der Waals surface area contributed by atoms with Gasteiger partial charge in [-0.1, -0.05) is 36.8 Å². The van der Waals surface area contributed by atoms with E-state index < -0.39 is 6.10 Å². The van der Waals surface area contributed by atoms with Crippen LogP contribution >= 0.6 is 0 Å². The van der Waals surface area contributed by atoms with Gasteiger partial charge in [-0.25, -0.2) is 0 Å². The molecular formula is C21H27NO3. The zero-order chi connectivity index (χ0) is 18.4. The van der Waals surface area contributed by atoms with E-state index in [1.54, 1.807) is 20.1 Å². The summed E-state index contributed by atoms with van der Waals surface area (Å²) in [5.41, 5.74) is 3.56. The SMILES string of the molecule is CCC(NC(=O)C(C)Oc1cccc(OC)c1)c1ccc(C)cc1C. The van der Waals surface area contributed by atoms with E-state index in [0.717, 1.165) is 12.0 Å². The van der Waals surface area contributed by atoms with Gasteiger partial charge in [-0.05, 0) is 50.5 Å². The fourth-order valence-electron chi connectivity index (χ4n) is 2.84. The number of methoxy groups -OCH3 is 1. The average molecular weight is 341 g/mol. The molecule has 2 atom stereocenters. The molecule has 2 aromatic carbocycles. The lowest BCUT2D eigenvalue weighted by Gasteiger charge is -2.22. The zero-order valence-electron chi connectivity index (χ0n) is 15.6. The van der Waals surface area contributed by atoms with Gasteiger partial charge in [-0.15, -0.1) is 0 Å². The van der Waals surface area contributed by atoms with Crippen LogP contribution in [-0.4, -0.2) is 19.1 Å². The Bertz CT molecular complexity index is 727. The molecule has 2 rings (SSSR count). The van der Waals surface area contributed by atoms with Crippen molar-refractivity contribution in [3.05, 3.63) is 59.2 Å². The number of nitrogens with one attached hydrogen (secondary N) is 1. The first kappa shape index (κ1) is 18.8. The number of rotatable bonds is 7. The van der Waals surface area contributed by atoms with Gasteiger partial charge < -0.3 is 14.8 Å². The van der Waals surface area contributed by atoms with Gasteiger partial charge in [-0.3, -0.25) is 4.79 Å². The molecule has 0 aliphatic rings. The quantitative estimate of drug-likeness (QED) is 0.814. The molecule has 25 heavy (non-hydrogen) atoms. The Morgan fingerprint density at radius 1 is 1.12 bits per heavy atom. The Balaban J connectivity index is 2.05. The first-order valence-corrected chi connectivity index (χ1v) is 8.62. The van der Waals surface area contributed by atoms with Crippen LogP contribution in [0.5, 0.6) is 11.5 Å². The molecular weight excluding hydrogens is 314 g/mol. The number of aryl methyl sites for hydroxylation is 2. The summed E-state index contributed by atoms with van der Waals surface area (Å²) in [6.45, 7) is 7.97. The van der Waals surface area contributed by atoms with Gasteiger partial charge in [-0.2, -0.15) is 0 Å². The van der Waals surface area contributed by atoms with Gasteiger partial charge in [0.05, 0.1) is 13.2 Å². The molecule has 0 saturated heterocycles. The van der Waals surface area contributed by atoms with Crippen LogP contribution in [0.3, 0.4) is 0 Å². The third-order valence-corrected chi connectivity index (χ3v) is 4.25. The number of benzene rings is 2. The summed E-state index contributed by atoms with van der Waals surface area (Å²) < 4.78 is 10.9. The number of carbonyl (C=O) groups excluding carboxylic acids is 1. The Kier molecular flexibility index (Phi) is 6.45. The third-order valence-electron chi connectivity index (χ3n) is 4.25. The lowest BCUT2D eigenvalue weighted by molar-refractivity contribution is -0.128. The van der Waals surface area contributed by atoms with Crippen molar-refractivity contribution in [3.8, 4) is 11.5 Å². The summed E-state index contributed by atoms with van der Waals surface area (Å²) in [6, 6.07) is 13.5. The first-order valence-electron chi connectivity index (χ1n) is 8.62. The van der Waals surface area contributed by atoms with Gasteiger partial charge in [0.15, 0.2) is 6.10 Å². The smallest absolute Gasteiger partial charge is 0.261 e. The maximum Gasteiger partial charge on any atom is 0.261 e. The topological polar surface area (TPSA) is 47.6 Å². The van der Waals surface area contributed by atoms with E-state index in [9.17, 15) is 4.79 Å². The summed E-state index contributed by atoms with van der Waals surface area (Å²) in [5.74, 6) is 1.18. The predicted octanol–water partition coefficient (Wildman–Crippen LogP) is 4.35. The van der Waals surface area contributed by atoms with Gasteiger partial charge in [0.2, 0.25) is 0 Å². The summed E-state index contributed by atoms with van der Waals surface area (Å²) in [6.07, 6.45) is 0.230. The van der Waals surface area contributed by atoms with Crippen molar-refractivity contribution < 1.29 is 14.3 Å². The van der Waals surface area contributed by atoms with Crippen LogP contribution in [0.25, 0.3) is 0 Å². The summed E-state index contributed by atoms with van der Waals surface area (Å²) in [4.78, 5) is 12.6. The van der Waals surface area contributed by atoms with E-state index >= 15 is 0 Å². The highest BCUT2D eigenvalue weighted by atomic mass is 16.5. The van der Waals surface area contributed by atoms with Gasteiger partial charge in [0.25, 0.3) is 5.91 Å². The molecule has 0 aliphatic heterocycles. The van der Waals surface area contributed by atoms with Crippen molar-refractivity contribution in [3.63, 3.8) is 0 Å². The number of carbonyl (C=O) groups is 1. The Labute approximate surface area is 150 Å². The van der Waals surface area contributed by atoms with Gasteiger partial charge in [0, 0.05) is 6.07 Å². The Hall–Kier alpha value is -2.49. The second-order valence-corrected chi connectivity index (χ2v) is 6.27. The molecule has 2 aromatic rings. The molecule has 2 unspecified atom stereocenters.